The second-order valence-electron chi connectivity index (χ2n) is 10.1. The standard InChI is InChI=1S/C23H30N2O3S/c1-21-8-6-14(26)10-13(21)4-5-15-16-7-9-23(28,18-12-29-20(24-3)25-18)22(16,2)11-17(27)19(15)21/h10,12,15-16,19,28H,4-9,11H2,1-3H3,(H,24,25)/t15-,16-,19+,21-,22-,23-/m0/s1. The Labute approximate surface area is 176 Å². The Morgan fingerprint density at radius 3 is 2.72 bits per heavy atom. The van der Waals surface area contributed by atoms with E-state index in [1.807, 2.05) is 18.5 Å². The van der Waals surface area contributed by atoms with Crippen LogP contribution in [0.4, 0.5) is 5.13 Å². The van der Waals surface area contributed by atoms with E-state index in [1.54, 1.807) is 0 Å². The molecule has 3 saturated carbocycles. The molecule has 0 amide bonds. The lowest BCUT2D eigenvalue weighted by atomic mass is 9.46. The van der Waals surface area contributed by atoms with E-state index in [9.17, 15) is 14.7 Å². The van der Waals surface area contributed by atoms with Gasteiger partial charge < -0.3 is 10.4 Å². The van der Waals surface area contributed by atoms with Crippen LogP contribution < -0.4 is 5.32 Å². The van der Waals surface area contributed by atoms with Crippen LogP contribution in [-0.4, -0.2) is 28.7 Å². The Balaban J connectivity index is 1.54. The summed E-state index contributed by atoms with van der Waals surface area (Å²) in [6.45, 7) is 4.33. The van der Waals surface area contributed by atoms with Crippen molar-refractivity contribution < 1.29 is 14.7 Å². The van der Waals surface area contributed by atoms with Gasteiger partial charge in [0.15, 0.2) is 10.9 Å². The van der Waals surface area contributed by atoms with Crippen LogP contribution in [0, 0.1) is 28.6 Å². The highest BCUT2D eigenvalue weighted by Gasteiger charge is 2.67. The van der Waals surface area contributed by atoms with Crippen molar-refractivity contribution >= 4 is 28.0 Å². The van der Waals surface area contributed by atoms with Crippen molar-refractivity contribution in [1.82, 2.24) is 4.98 Å². The van der Waals surface area contributed by atoms with E-state index < -0.39 is 11.0 Å². The molecule has 3 fully saturated rings. The number of ketones is 2. The molecule has 5 nitrogen and oxygen atoms in total. The molecule has 29 heavy (non-hydrogen) atoms. The Kier molecular flexibility index (Phi) is 4.18. The van der Waals surface area contributed by atoms with Crippen LogP contribution in [0.1, 0.15) is 64.5 Å². The number of carbonyl (C=O) groups excluding carboxylic acids is 2. The summed E-state index contributed by atoms with van der Waals surface area (Å²) in [5.41, 5.74) is 0.193. The highest BCUT2D eigenvalue weighted by Crippen LogP contribution is 2.68. The van der Waals surface area contributed by atoms with E-state index in [4.69, 9.17) is 0 Å². The minimum absolute atomic E-state index is 0.0145. The van der Waals surface area contributed by atoms with Gasteiger partial charge in [-0.15, -0.1) is 11.3 Å². The molecule has 0 saturated heterocycles. The predicted octanol–water partition coefficient (Wildman–Crippen LogP) is 4.08. The number of nitrogens with zero attached hydrogens (tertiary/aromatic N) is 1. The zero-order valence-corrected chi connectivity index (χ0v) is 18.3. The molecule has 1 aromatic rings. The molecule has 5 rings (SSSR count). The quantitative estimate of drug-likeness (QED) is 0.762. The summed E-state index contributed by atoms with van der Waals surface area (Å²) in [5, 5.41) is 17.7. The Bertz CT molecular complexity index is 923. The molecule has 0 bridgehead atoms. The summed E-state index contributed by atoms with van der Waals surface area (Å²) in [6.07, 6.45) is 7.02. The van der Waals surface area contributed by atoms with Gasteiger partial charge in [0.1, 0.15) is 11.4 Å². The van der Waals surface area contributed by atoms with Crippen molar-refractivity contribution in [1.29, 1.82) is 0 Å². The summed E-state index contributed by atoms with van der Waals surface area (Å²) >= 11 is 1.50. The van der Waals surface area contributed by atoms with Crippen LogP contribution in [0.25, 0.3) is 0 Å². The SMILES string of the molecule is CNc1nc([C@@]2(O)CC[C@H]3[C@@H]4CCC5=CC(=O)CC[C@]5(C)[C@H]4C(=O)C[C@@]32C)cs1. The number of aliphatic hydroxyl groups is 1. The summed E-state index contributed by atoms with van der Waals surface area (Å²) in [5.74, 6) is 1.07. The second-order valence-corrected chi connectivity index (χ2v) is 10.9. The molecule has 6 atom stereocenters. The summed E-state index contributed by atoms with van der Waals surface area (Å²) < 4.78 is 0. The Morgan fingerprint density at radius 2 is 2.00 bits per heavy atom. The van der Waals surface area contributed by atoms with Gasteiger partial charge in [0.05, 0.1) is 5.69 Å². The minimum Gasteiger partial charge on any atom is -0.383 e. The molecule has 4 aliphatic carbocycles. The predicted molar refractivity (Wildman–Crippen MR) is 113 cm³/mol. The first-order valence-corrected chi connectivity index (χ1v) is 11.7. The molecule has 1 aromatic heterocycles. The second kappa shape index (κ2) is 6.24. The van der Waals surface area contributed by atoms with E-state index in [2.05, 4.69) is 24.1 Å². The third-order valence-electron chi connectivity index (χ3n) is 8.95. The number of aromatic nitrogens is 1. The number of carbonyl (C=O) groups is 2. The average molecular weight is 415 g/mol. The van der Waals surface area contributed by atoms with Gasteiger partial charge in [-0.05, 0) is 55.4 Å². The molecule has 2 N–H and O–H groups in total. The maximum Gasteiger partial charge on any atom is 0.182 e. The van der Waals surface area contributed by atoms with Gasteiger partial charge in [0, 0.05) is 36.6 Å². The molecule has 0 spiro atoms. The normalized spacial score (nSPS) is 44.0. The largest absolute Gasteiger partial charge is 0.383 e. The van der Waals surface area contributed by atoms with E-state index in [-0.39, 0.29) is 28.8 Å². The first-order valence-electron chi connectivity index (χ1n) is 10.9. The van der Waals surface area contributed by atoms with Crippen LogP contribution >= 0.6 is 11.3 Å². The zero-order valence-electron chi connectivity index (χ0n) is 17.5. The number of allylic oxidation sites excluding steroid dienone is 1. The van der Waals surface area contributed by atoms with Crippen molar-refractivity contribution in [2.45, 2.75) is 64.4 Å². The van der Waals surface area contributed by atoms with Gasteiger partial charge in [-0.1, -0.05) is 19.4 Å². The topological polar surface area (TPSA) is 79.3 Å². The smallest absolute Gasteiger partial charge is 0.182 e. The fourth-order valence-electron chi connectivity index (χ4n) is 7.39. The van der Waals surface area contributed by atoms with Crippen molar-refractivity contribution in [3.63, 3.8) is 0 Å². The maximum atomic E-state index is 13.6. The monoisotopic (exact) mass is 414 g/mol. The fourth-order valence-corrected chi connectivity index (χ4v) is 8.13. The fraction of sp³-hybridized carbons (Fsp3) is 0.696. The summed E-state index contributed by atoms with van der Waals surface area (Å²) in [7, 11) is 1.84. The number of anilines is 1. The van der Waals surface area contributed by atoms with Crippen molar-refractivity contribution in [2.75, 3.05) is 12.4 Å². The lowest BCUT2D eigenvalue weighted by molar-refractivity contribution is -0.162. The van der Waals surface area contributed by atoms with Crippen LogP contribution in [0.15, 0.2) is 17.0 Å². The number of fused-ring (bicyclic) bond motifs is 5. The van der Waals surface area contributed by atoms with Gasteiger partial charge >= 0.3 is 0 Å². The van der Waals surface area contributed by atoms with Crippen LogP contribution in [0.3, 0.4) is 0 Å². The number of rotatable bonds is 2. The minimum atomic E-state index is -1.05. The maximum absolute atomic E-state index is 13.6. The zero-order chi connectivity index (χ0) is 20.6. The molecule has 6 heteroatoms. The molecule has 0 unspecified atom stereocenters. The number of thiazole rings is 1. The Hall–Kier alpha value is -1.53. The molecule has 4 aliphatic rings. The van der Waals surface area contributed by atoms with Gasteiger partial charge in [0.2, 0.25) is 0 Å². The number of hydrogen-bond donors (Lipinski definition) is 2. The number of Topliss-reactive ketones (excluding diaryl/α,β-unsaturated/α-hetero) is 1. The highest BCUT2D eigenvalue weighted by molar-refractivity contribution is 7.13. The van der Waals surface area contributed by atoms with Crippen LogP contribution in [0.2, 0.25) is 0 Å². The molecule has 0 radical (unpaired) electrons. The molecule has 0 aromatic carbocycles. The summed E-state index contributed by atoms with van der Waals surface area (Å²) in [6, 6.07) is 0. The van der Waals surface area contributed by atoms with E-state index in [0.29, 0.717) is 30.9 Å². The van der Waals surface area contributed by atoms with E-state index in [1.165, 1.54) is 16.9 Å². The van der Waals surface area contributed by atoms with E-state index >= 15 is 0 Å². The lowest BCUT2D eigenvalue weighted by Crippen LogP contribution is -2.57. The first-order chi connectivity index (χ1) is 13.7. The number of hydrogen-bond acceptors (Lipinski definition) is 6. The average Bonchev–Trinajstić information content (AvgIpc) is 3.26. The summed E-state index contributed by atoms with van der Waals surface area (Å²) in [4.78, 5) is 30.3. The van der Waals surface area contributed by atoms with E-state index in [0.717, 1.165) is 30.8 Å². The molecule has 156 valence electrons. The van der Waals surface area contributed by atoms with Gasteiger partial charge in [0.25, 0.3) is 0 Å². The van der Waals surface area contributed by atoms with Gasteiger partial charge in [-0.2, -0.15) is 0 Å². The Morgan fingerprint density at radius 1 is 1.21 bits per heavy atom. The third kappa shape index (κ3) is 2.45. The molecular weight excluding hydrogens is 384 g/mol. The van der Waals surface area contributed by atoms with Crippen molar-refractivity contribution in [3.05, 3.63) is 22.7 Å². The third-order valence-corrected chi connectivity index (χ3v) is 9.81. The molecule has 0 aliphatic heterocycles. The number of nitrogens with one attached hydrogen (secondary N) is 1. The van der Waals surface area contributed by atoms with Gasteiger partial charge in [-0.3, -0.25) is 9.59 Å². The van der Waals surface area contributed by atoms with Gasteiger partial charge in [-0.25, -0.2) is 4.98 Å². The van der Waals surface area contributed by atoms with Crippen LogP contribution in [0.5, 0.6) is 0 Å². The lowest BCUT2D eigenvalue weighted by Gasteiger charge is -2.57. The first kappa shape index (κ1) is 19.4. The molecular formula is C23H30N2O3S. The molecule has 1 heterocycles. The van der Waals surface area contributed by atoms with Crippen molar-refractivity contribution in [2.24, 2.45) is 28.6 Å². The van der Waals surface area contributed by atoms with Crippen molar-refractivity contribution in [3.8, 4) is 0 Å². The van der Waals surface area contributed by atoms with Crippen LogP contribution in [-0.2, 0) is 15.2 Å². The highest BCUT2D eigenvalue weighted by atomic mass is 32.1.